The Kier molecular flexibility index (Phi) is 5.99. The minimum absolute atomic E-state index is 0.0514. The SMILES string of the molecule is CC(C)n1cc(Nc2ccc(S(=O)(=O)N3CCCCCC3)cc2[N+](=O)[O-])cn1. The third kappa shape index (κ3) is 4.33. The molecule has 0 spiro atoms. The highest BCUT2D eigenvalue weighted by Crippen LogP contribution is 2.32. The number of sulfonamides is 1. The Hall–Kier alpha value is -2.46. The van der Waals surface area contributed by atoms with Crippen LogP contribution in [-0.4, -0.2) is 40.5 Å². The van der Waals surface area contributed by atoms with E-state index in [2.05, 4.69) is 10.4 Å². The summed E-state index contributed by atoms with van der Waals surface area (Å²) in [5.41, 5.74) is 0.538. The Bertz CT molecular complexity index is 947. The van der Waals surface area contributed by atoms with E-state index in [4.69, 9.17) is 0 Å². The second kappa shape index (κ2) is 8.27. The molecule has 2 aromatic rings. The summed E-state index contributed by atoms with van der Waals surface area (Å²) in [6, 6.07) is 4.15. The molecule has 0 amide bonds. The summed E-state index contributed by atoms with van der Waals surface area (Å²) in [7, 11) is -3.75. The first-order chi connectivity index (χ1) is 13.3. The zero-order valence-corrected chi connectivity index (χ0v) is 16.9. The van der Waals surface area contributed by atoms with Gasteiger partial charge in [0.05, 0.1) is 21.7 Å². The van der Waals surface area contributed by atoms with Gasteiger partial charge in [0.2, 0.25) is 10.0 Å². The van der Waals surface area contributed by atoms with Crippen LogP contribution in [-0.2, 0) is 10.0 Å². The zero-order chi connectivity index (χ0) is 20.3. The lowest BCUT2D eigenvalue weighted by Crippen LogP contribution is -2.32. The van der Waals surface area contributed by atoms with Crippen LogP contribution in [0.4, 0.5) is 17.1 Å². The van der Waals surface area contributed by atoms with Gasteiger partial charge < -0.3 is 5.32 Å². The lowest BCUT2D eigenvalue weighted by atomic mass is 10.2. The van der Waals surface area contributed by atoms with Gasteiger partial charge in [0.15, 0.2) is 0 Å². The van der Waals surface area contributed by atoms with Crippen LogP contribution in [0.2, 0.25) is 0 Å². The number of nitro groups is 1. The number of aromatic nitrogens is 2. The van der Waals surface area contributed by atoms with E-state index < -0.39 is 14.9 Å². The minimum Gasteiger partial charge on any atom is -0.347 e. The third-order valence-electron chi connectivity index (χ3n) is 4.78. The molecule has 0 bridgehead atoms. The molecule has 0 radical (unpaired) electrons. The summed E-state index contributed by atoms with van der Waals surface area (Å²) < 4.78 is 29.0. The fourth-order valence-electron chi connectivity index (χ4n) is 3.20. The van der Waals surface area contributed by atoms with Gasteiger partial charge in [0.1, 0.15) is 5.69 Å². The van der Waals surface area contributed by atoms with Crippen LogP contribution in [0.25, 0.3) is 0 Å². The average Bonchev–Trinajstić information content (AvgIpc) is 2.94. The molecule has 2 heterocycles. The molecule has 0 atom stereocenters. The Balaban J connectivity index is 1.91. The fourth-order valence-corrected chi connectivity index (χ4v) is 4.74. The fraction of sp³-hybridized carbons (Fsp3) is 0.500. The molecule has 3 rings (SSSR count). The normalized spacial score (nSPS) is 16.1. The Morgan fingerprint density at radius 3 is 2.43 bits per heavy atom. The quantitative estimate of drug-likeness (QED) is 0.578. The van der Waals surface area contributed by atoms with E-state index in [1.807, 2.05) is 13.8 Å². The molecular weight excluding hydrogens is 382 g/mol. The van der Waals surface area contributed by atoms with Crippen molar-refractivity contribution in [2.75, 3.05) is 18.4 Å². The van der Waals surface area contributed by atoms with E-state index >= 15 is 0 Å². The molecule has 9 nitrogen and oxygen atoms in total. The number of rotatable bonds is 6. The van der Waals surface area contributed by atoms with Crippen molar-refractivity contribution in [2.24, 2.45) is 0 Å². The summed E-state index contributed by atoms with van der Waals surface area (Å²) in [6.07, 6.45) is 6.93. The first kappa shape index (κ1) is 20.3. The number of nitrogens with zero attached hydrogens (tertiary/aromatic N) is 4. The van der Waals surface area contributed by atoms with Crippen LogP contribution >= 0.6 is 0 Å². The van der Waals surface area contributed by atoms with Gasteiger partial charge in [-0.3, -0.25) is 14.8 Å². The number of benzene rings is 1. The van der Waals surface area contributed by atoms with E-state index in [1.54, 1.807) is 17.1 Å². The molecule has 152 valence electrons. The summed E-state index contributed by atoms with van der Waals surface area (Å²) >= 11 is 0. The van der Waals surface area contributed by atoms with Gasteiger partial charge >= 0.3 is 0 Å². The lowest BCUT2D eigenvalue weighted by Gasteiger charge is -2.20. The summed E-state index contributed by atoms with van der Waals surface area (Å²) in [5.74, 6) is 0. The van der Waals surface area contributed by atoms with E-state index in [-0.39, 0.29) is 22.3 Å². The van der Waals surface area contributed by atoms with Crippen LogP contribution < -0.4 is 5.32 Å². The molecule has 1 fully saturated rings. The number of nitro benzene ring substituents is 1. The van der Waals surface area contributed by atoms with Gasteiger partial charge in [-0.05, 0) is 38.8 Å². The minimum atomic E-state index is -3.75. The van der Waals surface area contributed by atoms with Gasteiger partial charge in [0.25, 0.3) is 5.69 Å². The van der Waals surface area contributed by atoms with Crippen molar-refractivity contribution in [1.29, 1.82) is 0 Å². The molecule has 1 saturated heterocycles. The second-order valence-corrected chi connectivity index (χ2v) is 9.12. The largest absolute Gasteiger partial charge is 0.347 e. The molecule has 1 aromatic carbocycles. The summed E-state index contributed by atoms with van der Waals surface area (Å²) in [5, 5.41) is 18.7. The average molecular weight is 407 g/mol. The van der Waals surface area contributed by atoms with Crippen LogP contribution in [0.3, 0.4) is 0 Å². The Labute approximate surface area is 164 Å². The first-order valence-electron chi connectivity index (χ1n) is 9.39. The van der Waals surface area contributed by atoms with Crippen molar-refractivity contribution in [1.82, 2.24) is 14.1 Å². The molecular formula is C18H25N5O4S. The highest BCUT2D eigenvalue weighted by atomic mass is 32.2. The lowest BCUT2D eigenvalue weighted by molar-refractivity contribution is -0.384. The molecule has 10 heteroatoms. The van der Waals surface area contributed by atoms with Gasteiger partial charge in [-0.1, -0.05) is 12.8 Å². The predicted octanol–water partition coefficient (Wildman–Crippen LogP) is 3.68. The van der Waals surface area contributed by atoms with Crippen molar-refractivity contribution in [2.45, 2.75) is 50.5 Å². The number of hydrogen-bond acceptors (Lipinski definition) is 6. The molecule has 1 aliphatic heterocycles. The van der Waals surface area contributed by atoms with Crippen LogP contribution in [0.1, 0.15) is 45.6 Å². The molecule has 28 heavy (non-hydrogen) atoms. The van der Waals surface area contributed by atoms with E-state index in [1.165, 1.54) is 16.4 Å². The van der Waals surface area contributed by atoms with Crippen LogP contribution in [0, 0.1) is 10.1 Å². The highest BCUT2D eigenvalue weighted by molar-refractivity contribution is 7.89. The topological polar surface area (TPSA) is 110 Å². The van der Waals surface area contributed by atoms with Crippen molar-refractivity contribution < 1.29 is 13.3 Å². The highest BCUT2D eigenvalue weighted by Gasteiger charge is 2.28. The Morgan fingerprint density at radius 2 is 1.86 bits per heavy atom. The zero-order valence-electron chi connectivity index (χ0n) is 16.0. The number of hydrogen-bond donors (Lipinski definition) is 1. The van der Waals surface area contributed by atoms with Gasteiger partial charge in [-0.15, -0.1) is 0 Å². The van der Waals surface area contributed by atoms with E-state index in [9.17, 15) is 18.5 Å². The molecule has 0 unspecified atom stereocenters. The second-order valence-electron chi connectivity index (χ2n) is 7.18. The van der Waals surface area contributed by atoms with Gasteiger partial charge in [-0.2, -0.15) is 9.40 Å². The number of nitrogens with one attached hydrogen (secondary N) is 1. The molecule has 1 aromatic heterocycles. The number of anilines is 2. The smallest absolute Gasteiger partial charge is 0.294 e. The monoisotopic (exact) mass is 407 g/mol. The Morgan fingerprint density at radius 1 is 1.18 bits per heavy atom. The van der Waals surface area contributed by atoms with Crippen LogP contribution in [0.5, 0.6) is 0 Å². The summed E-state index contributed by atoms with van der Waals surface area (Å²) in [4.78, 5) is 10.9. The third-order valence-corrected chi connectivity index (χ3v) is 6.67. The maximum Gasteiger partial charge on any atom is 0.294 e. The maximum absolute atomic E-state index is 12.9. The van der Waals surface area contributed by atoms with Gasteiger partial charge in [-0.25, -0.2) is 8.42 Å². The molecule has 0 saturated carbocycles. The molecule has 1 aliphatic rings. The summed E-state index contributed by atoms with van der Waals surface area (Å²) in [6.45, 7) is 4.85. The van der Waals surface area contributed by atoms with Crippen molar-refractivity contribution in [3.05, 3.63) is 40.7 Å². The van der Waals surface area contributed by atoms with Crippen LogP contribution in [0.15, 0.2) is 35.5 Å². The van der Waals surface area contributed by atoms with Crippen molar-refractivity contribution in [3.63, 3.8) is 0 Å². The van der Waals surface area contributed by atoms with E-state index in [0.717, 1.165) is 31.7 Å². The van der Waals surface area contributed by atoms with E-state index in [0.29, 0.717) is 18.8 Å². The maximum atomic E-state index is 12.9. The van der Waals surface area contributed by atoms with Crippen molar-refractivity contribution >= 4 is 27.1 Å². The van der Waals surface area contributed by atoms with Gasteiger partial charge in [0, 0.05) is 31.4 Å². The first-order valence-corrected chi connectivity index (χ1v) is 10.8. The molecule has 0 aliphatic carbocycles. The standard InChI is InChI=1S/C18H25N5O4S/c1-14(2)22-13-15(12-19-22)20-17-8-7-16(11-18(17)23(24)25)28(26,27)21-9-5-3-4-6-10-21/h7-8,11-14,20H,3-6,9-10H2,1-2H3. The van der Waals surface area contributed by atoms with Crippen molar-refractivity contribution in [3.8, 4) is 0 Å². The molecule has 1 N–H and O–H groups in total. The predicted molar refractivity (Wildman–Crippen MR) is 106 cm³/mol.